The van der Waals surface area contributed by atoms with E-state index >= 15 is 0 Å². The van der Waals surface area contributed by atoms with Crippen molar-refractivity contribution in [3.63, 3.8) is 0 Å². The number of hydrogen-bond donors (Lipinski definition) is 2. The minimum Gasteiger partial charge on any atom is -0.394 e. The van der Waals surface area contributed by atoms with Crippen LogP contribution in [0, 0.1) is 5.82 Å². The van der Waals surface area contributed by atoms with Crippen LogP contribution in [0.3, 0.4) is 0 Å². The highest BCUT2D eigenvalue weighted by molar-refractivity contribution is 9.10. The van der Waals surface area contributed by atoms with Gasteiger partial charge in [0.1, 0.15) is 5.82 Å². The molecule has 0 aliphatic rings. The number of hydrogen-bond acceptors (Lipinski definition) is 2. The van der Waals surface area contributed by atoms with Crippen LogP contribution < -0.4 is 5.73 Å². The Morgan fingerprint density at radius 3 is 2.62 bits per heavy atom. The first kappa shape index (κ1) is 10.6. The lowest BCUT2D eigenvalue weighted by molar-refractivity contribution is 0.209. The molecule has 0 aromatic heterocycles. The second-order valence-electron chi connectivity index (χ2n) is 3.23. The van der Waals surface area contributed by atoms with E-state index in [0.29, 0.717) is 10.0 Å². The maximum absolute atomic E-state index is 12.9. The fraction of sp³-hybridized carbons (Fsp3) is 0.333. The van der Waals surface area contributed by atoms with Crippen LogP contribution in [0.15, 0.2) is 22.7 Å². The summed E-state index contributed by atoms with van der Waals surface area (Å²) in [5.74, 6) is -0.366. The Labute approximate surface area is 84.7 Å². The van der Waals surface area contributed by atoms with Gasteiger partial charge in [-0.25, -0.2) is 4.39 Å². The third kappa shape index (κ3) is 2.49. The largest absolute Gasteiger partial charge is 0.394 e. The van der Waals surface area contributed by atoms with Crippen LogP contribution in [0.2, 0.25) is 0 Å². The van der Waals surface area contributed by atoms with Crippen molar-refractivity contribution in [3.05, 3.63) is 34.1 Å². The molecular weight excluding hydrogens is 237 g/mol. The van der Waals surface area contributed by atoms with E-state index in [-0.39, 0.29) is 12.4 Å². The van der Waals surface area contributed by atoms with Crippen molar-refractivity contribution in [1.29, 1.82) is 0 Å². The van der Waals surface area contributed by atoms with Crippen LogP contribution in [0.25, 0.3) is 0 Å². The van der Waals surface area contributed by atoms with Gasteiger partial charge in [0.15, 0.2) is 0 Å². The Bertz CT molecular complexity index is 294. The Hall–Kier alpha value is -0.450. The predicted molar refractivity (Wildman–Crippen MR) is 52.7 cm³/mol. The molecule has 0 unspecified atom stereocenters. The normalized spacial score (nSPS) is 15.5. The van der Waals surface area contributed by atoms with Crippen molar-refractivity contribution in [3.8, 4) is 0 Å². The zero-order chi connectivity index (χ0) is 10.1. The molecule has 0 bridgehead atoms. The van der Waals surface area contributed by atoms with Crippen LogP contribution in [0.1, 0.15) is 12.5 Å². The highest BCUT2D eigenvalue weighted by Crippen LogP contribution is 2.22. The van der Waals surface area contributed by atoms with Gasteiger partial charge in [0.2, 0.25) is 0 Å². The molecule has 0 spiro atoms. The number of aliphatic hydroxyl groups excluding tert-OH is 1. The lowest BCUT2D eigenvalue weighted by Crippen LogP contribution is -2.37. The second-order valence-corrected chi connectivity index (χ2v) is 4.15. The first-order chi connectivity index (χ1) is 5.95. The molecule has 0 heterocycles. The lowest BCUT2D eigenvalue weighted by atomic mass is 9.94. The average molecular weight is 248 g/mol. The maximum atomic E-state index is 12.9. The standard InChI is InChI=1S/C9H11BrFNO/c1-9(12,5-13)6-2-7(10)4-8(11)3-6/h2-4,13H,5,12H2,1H3/t9-/m1/s1. The topological polar surface area (TPSA) is 46.2 Å². The zero-order valence-electron chi connectivity index (χ0n) is 7.22. The lowest BCUT2D eigenvalue weighted by Gasteiger charge is -2.22. The third-order valence-corrected chi connectivity index (χ3v) is 2.31. The monoisotopic (exact) mass is 247 g/mol. The highest BCUT2D eigenvalue weighted by Gasteiger charge is 2.20. The van der Waals surface area contributed by atoms with Gasteiger partial charge in [0.25, 0.3) is 0 Å². The van der Waals surface area contributed by atoms with E-state index in [1.54, 1.807) is 13.0 Å². The van der Waals surface area contributed by atoms with Gasteiger partial charge in [-0.1, -0.05) is 15.9 Å². The van der Waals surface area contributed by atoms with Crippen molar-refractivity contribution in [2.75, 3.05) is 6.61 Å². The van der Waals surface area contributed by atoms with Crippen molar-refractivity contribution in [2.24, 2.45) is 5.73 Å². The van der Waals surface area contributed by atoms with Crippen molar-refractivity contribution >= 4 is 15.9 Å². The SMILES string of the molecule is C[C@@](N)(CO)c1cc(F)cc(Br)c1. The molecule has 72 valence electrons. The van der Waals surface area contributed by atoms with Crippen LogP contribution in [-0.4, -0.2) is 11.7 Å². The molecule has 4 heteroatoms. The Morgan fingerprint density at radius 2 is 2.15 bits per heavy atom. The summed E-state index contributed by atoms with van der Waals surface area (Å²) >= 11 is 3.16. The molecule has 0 fully saturated rings. The molecular formula is C9H11BrFNO. The molecule has 0 amide bonds. The van der Waals surface area contributed by atoms with Gasteiger partial charge in [-0.2, -0.15) is 0 Å². The first-order valence-corrected chi connectivity index (χ1v) is 4.61. The molecule has 0 saturated carbocycles. The fourth-order valence-electron chi connectivity index (χ4n) is 0.975. The molecule has 1 atom stereocenters. The Morgan fingerprint density at radius 1 is 1.54 bits per heavy atom. The van der Waals surface area contributed by atoms with E-state index in [4.69, 9.17) is 10.8 Å². The number of nitrogens with two attached hydrogens (primary N) is 1. The van der Waals surface area contributed by atoms with Gasteiger partial charge in [0, 0.05) is 4.47 Å². The van der Waals surface area contributed by atoms with Gasteiger partial charge in [0.05, 0.1) is 12.1 Å². The molecule has 3 N–H and O–H groups in total. The number of rotatable bonds is 2. The van der Waals surface area contributed by atoms with E-state index in [0.717, 1.165) is 0 Å². The van der Waals surface area contributed by atoms with E-state index in [9.17, 15) is 4.39 Å². The third-order valence-electron chi connectivity index (χ3n) is 1.85. The van der Waals surface area contributed by atoms with Gasteiger partial charge in [-0.3, -0.25) is 0 Å². The van der Waals surface area contributed by atoms with Gasteiger partial charge in [-0.05, 0) is 30.7 Å². The summed E-state index contributed by atoms with van der Waals surface area (Å²) in [6.07, 6.45) is 0. The van der Waals surface area contributed by atoms with Gasteiger partial charge < -0.3 is 10.8 Å². The Balaban J connectivity index is 3.15. The van der Waals surface area contributed by atoms with E-state index < -0.39 is 5.54 Å². The molecule has 2 nitrogen and oxygen atoms in total. The number of halogens is 2. The molecule has 0 saturated heterocycles. The first-order valence-electron chi connectivity index (χ1n) is 3.82. The summed E-state index contributed by atoms with van der Waals surface area (Å²) in [5.41, 5.74) is 5.41. The second kappa shape index (κ2) is 3.74. The van der Waals surface area contributed by atoms with Crippen LogP contribution in [-0.2, 0) is 5.54 Å². The fourth-order valence-corrected chi connectivity index (χ4v) is 1.44. The molecule has 0 aliphatic heterocycles. The summed E-state index contributed by atoms with van der Waals surface area (Å²) in [6.45, 7) is 1.43. The number of benzene rings is 1. The minimum atomic E-state index is -0.898. The highest BCUT2D eigenvalue weighted by atomic mass is 79.9. The summed E-state index contributed by atoms with van der Waals surface area (Å²) in [5, 5.41) is 8.97. The molecule has 1 rings (SSSR count). The predicted octanol–water partition coefficient (Wildman–Crippen LogP) is 1.75. The summed E-state index contributed by atoms with van der Waals surface area (Å²) in [4.78, 5) is 0. The van der Waals surface area contributed by atoms with Gasteiger partial charge in [-0.15, -0.1) is 0 Å². The average Bonchev–Trinajstić information content (AvgIpc) is 2.02. The summed E-state index contributed by atoms with van der Waals surface area (Å²) in [7, 11) is 0. The van der Waals surface area contributed by atoms with E-state index in [2.05, 4.69) is 15.9 Å². The van der Waals surface area contributed by atoms with Crippen LogP contribution in [0.4, 0.5) is 4.39 Å². The van der Waals surface area contributed by atoms with Gasteiger partial charge >= 0.3 is 0 Å². The smallest absolute Gasteiger partial charge is 0.124 e. The zero-order valence-corrected chi connectivity index (χ0v) is 8.81. The summed E-state index contributed by atoms with van der Waals surface area (Å²) < 4.78 is 13.5. The quantitative estimate of drug-likeness (QED) is 0.837. The maximum Gasteiger partial charge on any atom is 0.124 e. The van der Waals surface area contributed by atoms with E-state index in [1.807, 2.05) is 0 Å². The van der Waals surface area contributed by atoms with Crippen molar-refractivity contribution in [2.45, 2.75) is 12.5 Å². The Kier molecular flexibility index (Phi) is 3.05. The van der Waals surface area contributed by atoms with Crippen LogP contribution >= 0.6 is 15.9 Å². The summed E-state index contributed by atoms with van der Waals surface area (Å²) in [6, 6.07) is 4.36. The molecule has 1 aromatic carbocycles. The van der Waals surface area contributed by atoms with E-state index in [1.165, 1.54) is 12.1 Å². The van der Waals surface area contributed by atoms with Crippen molar-refractivity contribution in [1.82, 2.24) is 0 Å². The van der Waals surface area contributed by atoms with Crippen LogP contribution in [0.5, 0.6) is 0 Å². The molecule has 13 heavy (non-hydrogen) atoms. The molecule has 0 aliphatic carbocycles. The molecule has 1 aromatic rings. The minimum absolute atomic E-state index is 0.219. The van der Waals surface area contributed by atoms with Crippen molar-refractivity contribution < 1.29 is 9.50 Å². The number of aliphatic hydroxyl groups is 1. The molecule has 0 radical (unpaired) electrons.